The second-order valence-corrected chi connectivity index (χ2v) is 5.92. The van der Waals surface area contributed by atoms with Crippen molar-refractivity contribution in [2.45, 2.75) is 40.0 Å². The maximum Gasteiger partial charge on any atom is 0.168 e. The van der Waals surface area contributed by atoms with Crippen molar-refractivity contribution in [2.24, 2.45) is 5.41 Å². The number of nitrogens with zero attached hydrogens (tertiary/aromatic N) is 1. The fourth-order valence-corrected chi connectivity index (χ4v) is 1.93. The Morgan fingerprint density at radius 1 is 1.19 bits per heavy atom. The molecule has 1 aromatic heterocycles. The smallest absolute Gasteiger partial charge is 0.168 e. The van der Waals surface area contributed by atoms with Crippen molar-refractivity contribution in [2.75, 3.05) is 30.3 Å². The van der Waals surface area contributed by atoms with E-state index in [4.69, 9.17) is 5.11 Å². The zero-order valence-electron chi connectivity index (χ0n) is 13.0. The number of nitrogens with one attached hydrogen (secondary N) is 2. The molecular formula is C15H25F2N3O. The Hall–Kier alpha value is -1.43. The van der Waals surface area contributed by atoms with Gasteiger partial charge in [-0.3, -0.25) is 0 Å². The SMILES string of the molecule is CCCNc1nc(NCC(C)(C)CCCO)c(F)cc1F. The summed E-state index contributed by atoms with van der Waals surface area (Å²) in [4.78, 5) is 3.97. The fourth-order valence-electron chi connectivity index (χ4n) is 1.93. The van der Waals surface area contributed by atoms with Crippen LogP contribution in [0.5, 0.6) is 0 Å². The molecule has 3 N–H and O–H groups in total. The Morgan fingerprint density at radius 3 is 2.38 bits per heavy atom. The zero-order chi connectivity index (χ0) is 15.9. The van der Waals surface area contributed by atoms with E-state index < -0.39 is 11.6 Å². The van der Waals surface area contributed by atoms with Gasteiger partial charge in [0.1, 0.15) is 0 Å². The van der Waals surface area contributed by atoms with Gasteiger partial charge in [0.15, 0.2) is 23.3 Å². The summed E-state index contributed by atoms with van der Waals surface area (Å²) in [6.45, 7) is 7.21. The number of aliphatic hydroxyl groups is 1. The summed E-state index contributed by atoms with van der Waals surface area (Å²) in [6, 6.07) is 0.841. The average Bonchev–Trinajstić information content (AvgIpc) is 2.43. The normalized spacial score (nSPS) is 11.5. The summed E-state index contributed by atoms with van der Waals surface area (Å²) in [7, 11) is 0. The molecule has 1 aromatic rings. The first-order valence-electron chi connectivity index (χ1n) is 7.34. The molecule has 120 valence electrons. The molecule has 21 heavy (non-hydrogen) atoms. The lowest BCUT2D eigenvalue weighted by atomic mass is 9.88. The van der Waals surface area contributed by atoms with Crippen LogP contribution in [0.4, 0.5) is 20.4 Å². The lowest BCUT2D eigenvalue weighted by Gasteiger charge is -2.25. The van der Waals surface area contributed by atoms with Crippen LogP contribution < -0.4 is 10.6 Å². The van der Waals surface area contributed by atoms with E-state index in [-0.39, 0.29) is 23.7 Å². The van der Waals surface area contributed by atoms with Crippen molar-refractivity contribution in [3.8, 4) is 0 Å². The molecule has 6 heteroatoms. The molecule has 0 fully saturated rings. The summed E-state index contributed by atoms with van der Waals surface area (Å²) in [5, 5.41) is 14.6. The van der Waals surface area contributed by atoms with Crippen molar-refractivity contribution in [1.82, 2.24) is 4.98 Å². The van der Waals surface area contributed by atoms with Gasteiger partial charge in [-0.05, 0) is 24.7 Å². The Kier molecular flexibility index (Phi) is 6.81. The minimum atomic E-state index is -0.701. The number of pyridine rings is 1. The number of anilines is 2. The highest BCUT2D eigenvalue weighted by atomic mass is 19.1. The fraction of sp³-hybridized carbons (Fsp3) is 0.667. The van der Waals surface area contributed by atoms with Gasteiger partial charge in [0.05, 0.1) is 0 Å². The predicted molar refractivity (Wildman–Crippen MR) is 81.5 cm³/mol. The number of aromatic nitrogens is 1. The standard InChI is InChI=1S/C15H25F2N3O/c1-4-7-18-13-11(16)9-12(17)14(20-13)19-10-15(2,3)6-5-8-21/h9,21H,4-8,10H2,1-3H3,(H2,18,19,20). The summed E-state index contributed by atoms with van der Waals surface area (Å²) in [6.07, 6.45) is 2.33. The van der Waals surface area contributed by atoms with E-state index in [0.29, 0.717) is 19.5 Å². The summed E-state index contributed by atoms with van der Waals surface area (Å²) in [5.41, 5.74) is -0.109. The van der Waals surface area contributed by atoms with E-state index in [1.54, 1.807) is 0 Å². The first kappa shape index (κ1) is 17.6. The summed E-state index contributed by atoms with van der Waals surface area (Å²) >= 11 is 0. The van der Waals surface area contributed by atoms with E-state index in [1.165, 1.54) is 0 Å². The van der Waals surface area contributed by atoms with Crippen molar-refractivity contribution in [3.05, 3.63) is 17.7 Å². The van der Waals surface area contributed by atoms with Crippen LogP contribution in [0.2, 0.25) is 0 Å². The van der Waals surface area contributed by atoms with E-state index in [9.17, 15) is 8.78 Å². The topological polar surface area (TPSA) is 57.2 Å². The van der Waals surface area contributed by atoms with Crippen LogP contribution in [0.25, 0.3) is 0 Å². The molecule has 0 spiro atoms. The van der Waals surface area contributed by atoms with Gasteiger partial charge in [0, 0.05) is 25.8 Å². The first-order valence-corrected chi connectivity index (χ1v) is 7.34. The molecule has 0 radical (unpaired) electrons. The van der Waals surface area contributed by atoms with Gasteiger partial charge in [0.25, 0.3) is 0 Å². The van der Waals surface area contributed by atoms with Crippen LogP contribution in [0.1, 0.15) is 40.0 Å². The van der Waals surface area contributed by atoms with Gasteiger partial charge in [-0.15, -0.1) is 0 Å². The molecule has 0 aliphatic carbocycles. The number of halogens is 2. The number of rotatable bonds is 9. The highest BCUT2D eigenvalue weighted by molar-refractivity contribution is 5.47. The van der Waals surface area contributed by atoms with E-state index >= 15 is 0 Å². The molecule has 0 atom stereocenters. The summed E-state index contributed by atoms with van der Waals surface area (Å²) < 4.78 is 27.3. The monoisotopic (exact) mass is 301 g/mol. The predicted octanol–water partition coefficient (Wildman–Crippen LogP) is 3.39. The largest absolute Gasteiger partial charge is 0.396 e. The quantitative estimate of drug-likeness (QED) is 0.654. The molecule has 4 nitrogen and oxygen atoms in total. The molecule has 0 aliphatic rings. The Bertz CT molecular complexity index is 453. The van der Waals surface area contributed by atoms with Gasteiger partial charge in [-0.25, -0.2) is 13.8 Å². The second kappa shape index (κ2) is 8.12. The molecular weight excluding hydrogens is 276 g/mol. The van der Waals surface area contributed by atoms with Crippen LogP contribution in [-0.4, -0.2) is 29.8 Å². The Labute approximate surface area is 125 Å². The van der Waals surface area contributed by atoms with Gasteiger partial charge in [0.2, 0.25) is 0 Å². The van der Waals surface area contributed by atoms with Gasteiger partial charge < -0.3 is 15.7 Å². The first-order chi connectivity index (χ1) is 9.89. The van der Waals surface area contributed by atoms with Gasteiger partial charge in [-0.1, -0.05) is 20.8 Å². The molecule has 0 aliphatic heterocycles. The van der Waals surface area contributed by atoms with Crippen LogP contribution in [0, 0.1) is 17.0 Å². The molecule has 1 heterocycles. The molecule has 1 rings (SSSR count). The Balaban J connectivity index is 2.73. The van der Waals surface area contributed by atoms with Crippen molar-refractivity contribution in [3.63, 3.8) is 0 Å². The third-order valence-corrected chi connectivity index (χ3v) is 3.22. The lowest BCUT2D eigenvalue weighted by Crippen LogP contribution is -2.24. The van der Waals surface area contributed by atoms with Crippen LogP contribution in [-0.2, 0) is 0 Å². The second-order valence-electron chi connectivity index (χ2n) is 5.92. The number of hydrogen-bond donors (Lipinski definition) is 3. The highest BCUT2D eigenvalue weighted by Crippen LogP contribution is 2.24. The molecule has 0 saturated heterocycles. The third-order valence-electron chi connectivity index (χ3n) is 3.22. The molecule has 0 amide bonds. The van der Waals surface area contributed by atoms with E-state index in [0.717, 1.165) is 18.9 Å². The highest BCUT2D eigenvalue weighted by Gasteiger charge is 2.19. The third kappa shape index (κ3) is 5.83. The average molecular weight is 301 g/mol. The molecule has 0 saturated carbocycles. The number of hydrogen-bond acceptors (Lipinski definition) is 4. The minimum absolute atomic E-state index is 0.0482. The molecule has 0 bridgehead atoms. The zero-order valence-corrected chi connectivity index (χ0v) is 13.0. The van der Waals surface area contributed by atoms with E-state index in [1.807, 2.05) is 20.8 Å². The van der Waals surface area contributed by atoms with E-state index in [2.05, 4.69) is 15.6 Å². The maximum absolute atomic E-state index is 13.7. The van der Waals surface area contributed by atoms with Gasteiger partial charge in [-0.2, -0.15) is 0 Å². The van der Waals surface area contributed by atoms with Gasteiger partial charge >= 0.3 is 0 Å². The van der Waals surface area contributed by atoms with Crippen LogP contribution in [0.15, 0.2) is 6.07 Å². The van der Waals surface area contributed by atoms with Crippen LogP contribution in [0.3, 0.4) is 0 Å². The lowest BCUT2D eigenvalue weighted by molar-refractivity contribution is 0.247. The van der Waals surface area contributed by atoms with Crippen molar-refractivity contribution < 1.29 is 13.9 Å². The number of aliphatic hydroxyl groups excluding tert-OH is 1. The maximum atomic E-state index is 13.7. The molecule has 0 aromatic carbocycles. The Morgan fingerprint density at radius 2 is 1.81 bits per heavy atom. The summed E-state index contributed by atoms with van der Waals surface area (Å²) in [5.74, 6) is -1.28. The van der Waals surface area contributed by atoms with Crippen molar-refractivity contribution in [1.29, 1.82) is 0 Å². The van der Waals surface area contributed by atoms with Crippen molar-refractivity contribution >= 4 is 11.6 Å². The minimum Gasteiger partial charge on any atom is -0.396 e. The molecule has 0 unspecified atom stereocenters. The van der Waals surface area contributed by atoms with Crippen LogP contribution >= 0.6 is 0 Å².